The molecular formula is C11H12ClIN4O2. The van der Waals surface area contributed by atoms with Gasteiger partial charge >= 0.3 is 0 Å². The van der Waals surface area contributed by atoms with E-state index in [4.69, 9.17) is 16.3 Å². The summed E-state index contributed by atoms with van der Waals surface area (Å²) in [6, 6.07) is 0. The van der Waals surface area contributed by atoms with Gasteiger partial charge in [0.1, 0.15) is 11.2 Å². The summed E-state index contributed by atoms with van der Waals surface area (Å²) >= 11 is 8.11. The van der Waals surface area contributed by atoms with Crippen molar-refractivity contribution < 1.29 is 9.84 Å². The molecule has 1 fully saturated rings. The summed E-state index contributed by atoms with van der Waals surface area (Å²) in [5.41, 5.74) is 1.64. The summed E-state index contributed by atoms with van der Waals surface area (Å²) in [6.45, 7) is 0.501. The lowest BCUT2D eigenvalue weighted by atomic mass is 10.2. The van der Waals surface area contributed by atoms with Gasteiger partial charge in [-0.1, -0.05) is 11.6 Å². The van der Waals surface area contributed by atoms with Crippen molar-refractivity contribution in [3.05, 3.63) is 14.5 Å². The van der Waals surface area contributed by atoms with Crippen molar-refractivity contribution in [3.8, 4) is 0 Å². The summed E-state index contributed by atoms with van der Waals surface area (Å²) in [6.07, 6.45) is 2.99. The second-order valence-electron chi connectivity index (χ2n) is 4.35. The molecule has 0 bridgehead atoms. The molecule has 0 aromatic carbocycles. The van der Waals surface area contributed by atoms with E-state index in [2.05, 4.69) is 37.7 Å². The normalized spacial score (nSPS) is 20.1. The topological polar surface area (TPSA) is 73.1 Å². The van der Waals surface area contributed by atoms with Crippen LogP contribution in [0, 0.1) is 3.70 Å². The number of aliphatic hydroxyl groups is 1. The van der Waals surface area contributed by atoms with Crippen LogP contribution in [0.25, 0.3) is 11.2 Å². The third-order valence-corrected chi connectivity index (χ3v) is 4.12. The molecule has 0 amide bonds. The highest BCUT2D eigenvalue weighted by Crippen LogP contribution is 2.28. The number of hydrogen-bond acceptors (Lipinski definition) is 5. The summed E-state index contributed by atoms with van der Waals surface area (Å²) in [4.78, 5) is 8.62. The number of aromatic nitrogens is 4. The van der Waals surface area contributed by atoms with Crippen LogP contribution < -0.4 is 0 Å². The Bertz CT molecular complexity index is 612. The van der Waals surface area contributed by atoms with Gasteiger partial charge < -0.3 is 9.84 Å². The maximum atomic E-state index is 9.18. The van der Waals surface area contributed by atoms with Crippen molar-refractivity contribution in [2.24, 2.45) is 0 Å². The van der Waals surface area contributed by atoms with Crippen LogP contribution in [-0.4, -0.2) is 31.5 Å². The van der Waals surface area contributed by atoms with Crippen LogP contribution >= 0.6 is 34.2 Å². The van der Waals surface area contributed by atoms with Crippen LogP contribution in [-0.2, 0) is 11.3 Å². The van der Waals surface area contributed by atoms with E-state index in [0.29, 0.717) is 16.9 Å². The zero-order chi connectivity index (χ0) is 13.4. The molecular weight excluding hydrogens is 383 g/mol. The molecule has 2 aromatic heterocycles. The van der Waals surface area contributed by atoms with Crippen LogP contribution in [0.2, 0.25) is 5.15 Å². The van der Waals surface area contributed by atoms with E-state index in [1.807, 2.05) is 0 Å². The molecule has 1 aliphatic rings. The fourth-order valence-electron chi connectivity index (χ4n) is 2.15. The van der Waals surface area contributed by atoms with E-state index < -0.39 is 0 Å². The van der Waals surface area contributed by atoms with Gasteiger partial charge in [-0.2, -0.15) is 5.10 Å². The number of nitrogens with zero attached hydrogens (tertiary/aromatic N) is 4. The van der Waals surface area contributed by atoms with Crippen molar-refractivity contribution in [2.75, 3.05) is 6.61 Å². The Hall–Kier alpha value is -0.510. The number of hydrogen-bond donors (Lipinski definition) is 1. The van der Waals surface area contributed by atoms with Crippen molar-refractivity contribution in [3.63, 3.8) is 0 Å². The largest absolute Gasteiger partial charge is 0.390 e. The SMILES string of the molecule is OCc1nc2c(I)nn(C3CCCCO3)c2nc1Cl. The first-order valence-electron chi connectivity index (χ1n) is 6.03. The Morgan fingerprint density at radius 2 is 2.26 bits per heavy atom. The smallest absolute Gasteiger partial charge is 0.181 e. The predicted molar refractivity (Wildman–Crippen MR) is 77.8 cm³/mol. The summed E-state index contributed by atoms with van der Waals surface area (Å²) < 4.78 is 8.20. The van der Waals surface area contributed by atoms with E-state index in [0.717, 1.165) is 29.6 Å². The minimum absolute atomic E-state index is 0.106. The molecule has 1 aliphatic heterocycles. The van der Waals surface area contributed by atoms with Gasteiger partial charge in [0.05, 0.1) is 6.61 Å². The maximum absolute atomic E-state index is 9.18. The van der Waals surface area contributed by atoms with E-state index in [1.165, 1.54) is 0 Å². The maximum Gasteiger partial charge on any atom is 0.181 e. The van der Waals surface area contributed by atoms with Gasteiger partial charge in [0.2, 0.25) is 0 Å². The zero-order valence-electron chi connectivity index (χ0n) is 10.0. The van der Waals surface area contributed by atoms with Crippen molar-refractivity contribution in [2.45, 2.75) is 32.1 Å². The van der Waals surface area contributed by atoms with Gasteiger partial charge in [-0.15, -0.1) is 0 Å². The van der Waals surface area contributed by atoms with E-state index in [1.54, 1.807) is 4.68 Å². The molecule has 19 heavy (non-hydrogen) atoms. The first kappa shape index (κ1) is 13.5. The highest BCUT2D eigenvalue weighted by Gasteiger charge is 2.23. The fourth-order valence-corrected chi connectivity index (χ4v) is 2.92. The Labute approximate surface area is 128 Å². The van der Waals surface area contributed by atoms with E-state index >= 15 is 0 Å². The fraction of sp³-hybridized carbons (Fsp3) is 0.545. The van der Waals surface area contributed by atoms with Crippen molar-refractivity contribution in [1.82, 2.24) is 19.7 Å². The second-order valence-corrected chi connectivity index (χ2v) is 5.73. The average Bonchev–Trinajstić information content (AvgIpc) is 2.75. The van der Waals surface area contributed by atoms with Crippen LogP contribution in [0.15, 0.2) is 0 Å². The molecule has 3 heterocycles. The number of aliphatic hydroxyl groups excluding tert-OH is 1. The van der Waals surface area contributed by atoms with Crippen LogP contribution in [0.1, 0.15) is 31.2 Å². The lowest BCUT2D eigenvalue weighted by Crippen LogP contribution is -2.19. The number of fused-ring (bicyclic) bond motifs is 1. The Morgan fingerprint density at radius 3 is 2.95 bits per heavy atom. The standard InChI is InChI=1S/C11H12ClIN4O2/c12-9-6(5-18)14-8-10(13)16-17(11(8)15-9)7-3-1-2-4-19-7/h7,18H,1-5H2. The first-order chi connectivity index (χ1) is 9.20. The Kier molecular flexibility index (Phi) is 3.88. The van der Waals surface area contributed by atoms with Gasteiger partial charge in [0, 0.05) is 6.61 Å². The van der Waals surface area contributed by atoms with E-state index in [-0.39, 0.29) is 18.0 Å². The van der Waals surface area contributed by atoms with E-state index in [9.17, 15) is 5.11 Å². The lowest BCUT2D eigenvalue weighted by Gasteiger charge is -2.22. The predicted octanol–water partition coefficient (Wildman–Crippen LogP) is 2.28. The molecule has 1 unspecified atom stereocenters. The second kappa shape index (κ2) is 5.47. The molecule has 0 saturated carbocycles. The van der Waals surface area contributed by atoms with Gasteiger partial charge in [0.15, 0.2) is 20.7 Å². The van der Waals surface area contributed by atoms with Crippen LogP contribution in [0.4, 0.5) is 0 Å². The highest BCUT2D eigenvalue weighted by atomic mass is 127. The molecule has 3 rings (SSSR count). The molecule has 0 spiro atoms. The summed E-state index contributed by atoms with van der Waals surface area (Å²) in [7, 11) is 0. The molecule has 0 radical (unpaired) electrons. The van der Waals surface area contributed by atoms with Gasteiger partial charge in [-0.05, 0) is 41.9 Å². The highest BCUT2D eigenvalue weighted by molar-refractivity contribution is 14.1. The number of halogens is 2. The average molecular weight is 395 g/mol. The summed E-state index contributed by atoms with van der Waals surface area (Å²) in [5.74, 6) is 0. The molecule has 2 aromatic rings. The Balaban J connectivity index is 2.12. The third-order valence-electron chi connectivity index (χ3n) is 3.09. The lowest BCUT2D eigenvalue weighted by molar-refractivity contribution is -0.0372. The molecule has 1 saturated heterocycles. The molecule has 1 N–H and O–H groups in total. The Morgan fingerprint density at radius 1 is 1.42 bits per heavy atom. The van der Waals surface area contributed by atoms with Crippen molar-refractivity contribution in [1.29, 1.82) is 0 Å². The third kappa shape index (κ3) is 2.44. The van der Waals surface area contributed by atoms with Crippen LogP contribution in [0.3, 0.4) is 0 Å². The zero-order valence-corrected chi connectivity index (χ0v) is 12.9. The number of rotatable bonds is 2. The first-order valence-corrected chi connectivity index (χ1v) is 7.49. The molecule has 6 nitrogen and oxygen atoms in total. The minimum atomic E-state index is -0.233. The molecule has 1 atom stereocenters. The quantitative estimate of drug-likeness (QED) is 0.791. The van der Waals surface area contributed by atoms with Gasteiger partial charge in [-0.3, -0.25) is 0 Å². The molecule has 8 heteroatoms. The molecule has 0 aliphatic carbocycles. The van der Waals surface area contributed by atoms with Gasteiger partial charge in [-0.25, -0.2) is 14.6 Å². The van der Waals surface area contributed by atoms with Crippen LogP contribution in [0.5, 0.6) is 0 Å². The monoisotopic (exact) mass is 394 g/mol. The van der Waals surface area contributed by atoms with Gasteiger partial charge in [0.25, 0.3) is 0 Å². The minimum Gasteiger partial charge on any atom is -0.390 e. The van der Waals surface area contributed by atoms with Crippen molar-refractivity contribution >= 4 is 45.4 Å². The summed E-state index contributed by atoms with van der Waals surface area (Å²) in [5, 5.41) is 13.8. The molecule has 102 valence electrons. The number of ether oxygens (including phenoxy) is 1.